The molecule has 130 valence electrons. The van der Waals surface area contributed by atoms with Crippen LogP contribution in [0.5, 0.6) is 0 Å². The van der Waals surface area contributed by atoms with Crippen molar-refractivity contribution in [1.82, 2.24) is 0 Å². The van der Waals surface area contributed by atoms with Gasteiger partial charge >= 0.3 is 0 Å². The van der Waals surface area contributed by atoms with Crippen molar-refractivity contribution in [2.45, 2.75) is 31.2 Å². The van der Waals surface area contributed by atoms with Crippen LogP contribution in [0.4, 0.5) is 17.1 Å². The van der Waals surface area contributed by atoms with Gasteiger partial charge in [0, 0.05) is 18.2 Å². The molecule has 0 aromatic heterocycles. The summed E-state index contributed by atoms with van der Waals surface area (Å²) in [6, 6.07) is 15.1. The molecule has 6 heteroatoms. The molecule has 26 heavy (non-hydrogen) atoms. The highest BCUT2D eigenvalue weighted by atomic mass is 16.2. The summed E-state index contributed by atoms with van der Waals surface area (Å²) in [4.78, 5) is 24.8. The summed E-state index contributed by atoms with van der Waals surface area (Å²) >= 11 is 0. The average molecular weight is 346 g/mol. The molecule has 1 unspecified atom stereocenters. The number of carbonyl (C=O) groups excluding carboxylic acids is 2. The van der Waals surface area contributed by atoms with E-state index in [2.05, 4.69) is 22.0 Å². The Morgan fingerprint density at radius 2 is 2.00 bits per heavy atom. The van der Waals surface area contributed by atoms with Crippen molar-refractivity contribution < 1.29 is 9.59 Å². The van der Waals surface area contributed by atoms with Gasteiger partial charge in [-0.05, 0) is 42.7 Å². The van der Waals surface area contributed by atoms with Crippen LogP contribution in [0.15, 0.2) is 42.5 Å². The number of nitriles is 1. The van der Waals surface area contributed by atoms with Crippen molar-refractivity contribution >= 4 is 28.9 Å². The Morgan fingerprint density at radius 3 is 2.77 bits per heavy atom. The minimum atomic E-state index is -0.495. The molecule has 0 saturated heterocycles. The van der Waals surface area contributed by atoms with Gasteiger partial charge in [0.25, 0.3) is 0 Å². The number of nitrogens with one attached hydrogen (secondary N) is 3. The average Bonchev–Trinajstić information content (AvgIpc) is 3.40. The van der Waals surface area contributed by atoms with Crippen LogP contribution >= 0.6 is 0 Å². The van der Waals surface area contributed by atoms with Crippen molar-refractivity contribution in [2.24, 2.45) is 0 Å². The fourth-order valence-corrected chi connectivity index (χ4v) is 3.16. The van der Waals surface area contributed by atoms with E-state index in [0.29, 0.717) is 17.3 Å². The maximum absolute atomic E-state index is 12.6. The summed E-state index contributed by atoms with van der Waals surface area (Å²) in [6.45, 7) is 0. The van der Waals surface area contributed by atoms with Crippen molar-refractivity contribution in [3.63, 3.8) is 0 Å². The van der Waals surface area contributed by atoms with Gasteiger partial charge in [0.05, 0.1) is 28.9 Å². The van der Waals surface area contributed by atoms with E-state index in [1.165, 1.54) is 0 Å². The first-order valence-electron chi connectivity index (χ1n) is 8.64. The number of amides is 2. The number of hydrogen-bond donors (Lipinski definition) is 3. The number of nitrogens with zero attached hydrogens (tertiary/aromatic N) is 1. The van der Waals surface area contributed by atoms with Gasteiger partial charge in [0.2, 0.25) is 11.8 Å². The molecule has 1 saturated carbocycles. The van der Waals surface area contributed by atoms with E-state index in [1.54, 1.807) is 12.1 Å². The minimum Gasteiger partial charge on any atom is -0.381 e. The predicted octanol–water partition coefficient (Wildman–Crippen LogP) is 3.20. The zero-order valence-corrected chi connectivity index (χ0v) is 14.1. The topological polar surface area (TPSA) is 94.0 Å². The third-order valence-corrected chi connectivity index (χ3v) is 4.66. The summed E-state index contributed by atoms with van der Waals surface area (Å²) in [6.07, 6.45) is 2.27. The Labute approximate surface area is 151 Å². The van der Waals surface area contributed by atoms with Crippen LogP contribution in [0.1, 0.15) is 36.3 Å². The number of benzene rings is 2. The third kappa shape index (κ3) is 3.24. The van der Waals surface area contributed by atoms with E-state index in [9.17, 15) is 9.59 Å². The van der Waals surface area contributed by atoms with Crippen molar-refractivity contribution in [2.75, 3.05) is 16.0 Å². The highest BCUT2D eigenvalue weighted by Gasteiger charge is 2.32. The number of fused-ring (bicyclic) bond motifs is 1. The Bertz CT molecular complexity index is 928. The van der Waals surface area contributed by atoms with Crippen molar-refractivity contribution in [3.8, 4) is 6.07 Å². The maximum atomic E-state index is 12.6. The molecule has 3 N–H and O–H groups in total. The fourth-order valence-electron chi connectivity index (χ4n) is 3.16. The molecule has 4 rings (SSSR count). The van der Waals surface area contributed by atoms with Crippen LogP contribution in [0.3, 0.4) is 0 Å². The van der Waals surface area contributed by atoms with Gasteiger partial charge in [-0.25, -0.2) is 0 Å². The number of anilines is 3. The van der Waals surface area contributed by atoms with Crippen LogP contribution < -0.4 is 16.0 Å². The molecule has 1 fully saturated rings. The van der Waals surface area contributed by atoms with Crippen LogP contribution in [-0.4, -0.2) is 17.9 Å². The lowest BCUT2D eigenvalue weighted by molar-refractivity contribution is -0.122. The molecule has 2 aromatic rings. The van der Waals surface area contributed by atoms with E-state index in [4.69, 9.17) is 5.26 Å². The Hall–Kier alpha value is -3.33. The monoisotopic (exact) mass is 346 g/mol. The van der Waals surface area contributed by atoms with Crippen LogP contribution in [-0.2, 0) is 9.59 Å². The lowest BCUT2D eigenvalue weighted by Gasteiger charge is -2.14. The molecule has 2 aromatic carbocycles. The lowest BCUT2D eigenvalue weighted by atomic mass is 9.97. The number of rotatable bonds is 5. The van der Waals surface area contributed by atoms with Gasteiger partial charge in [-0.2, -0.15) is 5.26 Å². The zero-order valence-electron chi connectivity index (χ0n) is 14.1. The Morgan fingerprint density at radius 1 is 1.19 bits per heavy atom. The minimum absolute atomic E-state index is 0.0580. The molecule has 6 nitrogen and oxygen atoms in total. The molecule has 1 aliphatic carbocycles. The third-order valence-electron chi connectivity index (χ3n) is 4.66. The molecule has 0 spiro atoms. The highest BCUT2D eigenvalue weighted by molar-refractivity contribution is 6.06. The van der Waals surface area contributed by atoms with Crippen LogP contribution in [0.25, 0.3) is 0 Å². The molecular weight excluding hydrogens is 328 g/mol. The highest BCUT2D eigenvalue weighted by Crippen LogP contribution is 2.35. The lowest BCUT2D eigenvalue weighted by Crippen LogP contribution is -2.21. The van der Waals surface area contributed by atoms with E-state index in [1.807, 2.05) is 30.3 Å². The number of carbonyl (C=O) groups is 2. The smallest absolute Gasteiger partial charge is 0.232 e. The summed E-state index contributed by atoms with van der Waals surface area (Å²) in [7, 11) is 0. The normalized spacial score (nSPS) is 17.8. The van der Waals surface area contributed by atoms with Crippen LogP contribution in [0.2, 0.25) is 0 Å². The Balaban J connectivity index is 1.51. The molecule has 1 heterocycles. The van der Waals surface area contributed by atoms with Gasteiger partial charge in [-0.3, -0.25) is 9.59 Å². The molecule has 0 bridgehead atoms. The first-order valence-corrected chi connectivity index (χ1v) is 8.64. The second kappa shape index (κ2) is 6.52. The van der Waals surface area contributed by atoms with Gasteiger partial charge in [-0.1, -0.05) is 18.2 Å². The molecular formula is C20H18N4O2. The maximum Gasteiger partial charge on any atom is 0.232 e. The Kier molecular flexibility index (Phi) is 4.05. The van der Waals surface area contributed by atoms with Crippen molar-refractivity contribution in [1.29, 1.82) is 5.26 Å². The molecule has 1 aliphatic heterocycles. The van der Waals surface area contributed by atoms with Crippen molar-refractivity contribution in [3.05, 3.63) is 53.6 Å². The standard InChI is InChI=1S/C20H18N4O2/c21-11-12-5-8-17(22-13-6-7-13)18(9-12)23-19(25)10-15-14-3-1-2-4-16(14)24-20(15)26/h1-5,8-9,13,15,22H,6-7,10H2,(H,23,25)(H,24,26). The number of para-hydroxylation sites is 1. The zero-order chi connectivity index (χ0) is 18.1. The second-order valence-electron chi connectivity index (χ2n) is 6.67. The van der Waals surface area contributed by atoms with Gasteiger partial charge < -0.3 is 16.0 Å². The summed E-state index contributed by atoms with van der Waals surface area (Å²) < 4.78 is 0. The van der Waals surface area contributed by atoms with E-state index >= 15 is 0 Å². The van der Waals surface area contributed by atoms with E-state index in [-0.39, 0.29) is 18.2 Å². The summed E-state index contributed by atoms with van der Waals surface area (Å²) in [5.41, 5.74) is 3.46. The van der Waals surface area contributed by atoms with E-state index < -0.39 is 5.92 Å². The number of hydrogen-bond acceptors (Lipinski definition) is 4. The first kappa shape index (κ1) is 16.2. The second-order valence-corrected chi connectivity index (χ2v) is 6.67. The summed E-state index contributed by atoms with van der Waals surface area (Å²) in [5.74, 6) is -0.913. The fraction of sp³-hybridized carbons (Fsp3) is 0.250. The molecule has 2 aliphatic rings. The van der Waals surface area contributed by atoms with E-state index in [0.717, 1.165) is 29.8 Å². The van der Waals surface area contributed by atoms with Gasteiger partial charge in [0.15, 0.2) is 0 Å². The molecule has 2 amide bonds. The van der Waals surface area contributed by atoms with Crippen LogP contribution in [0, 0.1) is 11.3 Å². The molecule has 1 atom stereocenters. The van der Waals surface area contributed by atoms with Gasteiger partial charge in [-0.15, -0.1) is 0 Å². The first-order chi connectivity index (χ1) is 12.6. The predicted molar refractivity (Wildman–Crippen MR) is 98.9 cm³/mol. The quantitative estimate of drug-likeness (QED) is 0.775. The SMILES string of the molecule is N#Cc1ccc(NC2CC2)c(NC(=O)CC2C(=O)Nc3ccccc32)c1. The van der Waals surface area contributed by atoms with Gasteiger partial charge in [0.1, 0.15) is 0 Å². The largest absolute Gasteiger partial charge is 0.381 e. The summed E-state index contributed by atoms with van der Waals surface area (Å²) in [5, 5.41) is 18.1. The molecule has 0 radical (unpaired) electrons.